The average molecular weight is 486 g/mol. The van der Waals surface area contributed by atoms with E-state index >= 15 is 0 Å². The molecule has 0 aliphatic rings. The van der Waals surface area contributed by atoms with Crippen LogP contribution in [0, 0.1) is 18.3 Å². The zero-order chi connectivity index (χ0) is 24.5. The topological polar surface area (TPSA) is 77.8 Å². The van der Waals surface area contributed by atoms with E-state index in [-0.39, 0.29) is 5.69 Å². The summed E-state index contributed by atoms with van der Waals surface area (Å²) in [5, 5.41) is 10.7. The molecule has 3 aromatic heterocycles. The molecule has 0 aliphatic heterocycles. The predicted octanol–water partition coefficient (Wildman–Crippen LogP) is 5.46. The Bertz CT molecular complexity index is 1650. The third-order valence-electron chi connectivity index (χ3n) is 6.31. The summed E-state index contributed by atoms with van der Waals surface area (Å²) < 4.78 is 11.0. The molecular formula is C27H24ClN5O2. The number of hydrogen-bond acceptors (Lipinski definition) is 4. The van der Waals surface area contributed by atoms with E-state index in [4.69, 9.17) is 21.6 Å². The number of rotatable bonds is 7. The van der Waals surface area contributed by atoms with Crippen molar-refractivity contribution in [3.8, 4) is 17.5 Å². The summed E-state index contributed by atoms with van der Waals surface area (Å²) in [5.41, 5.74) is 5.09. The number of imidazole rings is 1. The van der Waals surface area contributed by atoms with Gasteiger partial charge in [0, 0.05) is 40.8 Å². The Labute approximate surface area is 207 Å². The number of aromatic nitrogens is 4. The van der Waals surface area contributed by atoms with Crippen LogP contribution in [-0.4, -0.2) is 25.8 Å². The van der Waals surface area contributed by atoms with Gasteiger partial charge in [-0.25, -0.2) is 4.79 Å². The van der Waals surface area contributed by atoms with E-state index in [1.807, 2.05) is 49.4 Å². The molecule has 0 N–H and O–H groups in total. The number of unbranched alkanes of at least 4 members (excludes halogenated alkanes) is 1. The van der Waals surface area contributed by atoms with Crippen LogP contribution in [0.4, 0.5) is 0 Å². The van der Waals surface area contributed by atoms with Gasteiger partial charge in [-0.2, -0.15) is 5.26 Å². The van der Waals surface area contributed by atoms with Gasteiger partial charge < -0.3 is 9.30 Å². The van der Waals surface area contributed by atoms with Crippen LogP contribution in [0.1, 0.15) is 24.1 Å². The fourth-order valence-corrected chi connectivity index (χ4v) is 4.86. The molecule has 0 radical (unpaired) electrons. The molecule has 0 fully saturated rings. The number of pyridine rings is 1. The lowest BCUT2D eigenvalue weighted by molar-refractivity contribution is 0.411. The zero-order valence-electron chi connectivity index (χ0n) is 19.5. The van der Waals surface area contributed by atoms with Crippen LogP contribution in [0.3, 0.4) is 0 Å². The number of aryl methyl sites for hydroxylation is 2. The van der Waals surface area contributed by atoms with Crippen LogP contribution in [0.25, 0.3) is 27.6 Å². The molecule has 5 aromatic rings. The number of benzene rings is 2. The van der Waals surface area contributed by atoms with Gasteiger partial charge in [-0.15, -0.1) is 0 Å². The first-order chi connectivity index (χ1) is 17.0. The third kappa shape index (κ3) is 4.07. The molecule has 0 unspecified atom stereocenters. The number of nitrogens with zero attached hydrogens (tertiary/aromatic N) is 5. The maximum absolute atomic E-state index is 13.8. The molecule has 5 rings (SSSR count). The van der Waals surface area contributed by atoms with Crippen molar-refractivity contribution in [3.05, 3.63) is 87.7 Å². The Morgan fingerprint density at radius 3 is 2.69 bits per heavy atom. The first-order valence-electron chi connectivity index (χ1n) is 11.4. The Hall–Kier alpha value is -4.02. The van der Waals surface area contributed by atoms with Crippen molar-refractivity contribution in [1.82, 2.24) is 18.7 Å². The summed E-state index contributed by atoms with van der Waals surface area (Å²) in [7, 11) is 1.63. The standard InChI is InChI=1S/C27H24ClN5O2/c1-18-13-21(6-8-26(18)35-2)33-24-9-11-30-16-25(24)32(27(33)34)17-22-15-19-14-20(28)5-7-23(19)31(22)12-4-3-10-29/h5-9,11,13-16H,3-4,12,17H2,1-2H3. The predicted molar refractivity (Wildman–Crippen MR) is 138 cm³/mol. The largest absolute Gasteiger partial charge is 0.496 e. The first kappa shape index (κ1) is 22.8. The number of nitriles is 1. The molecule has 0 aliphatic carbocycles. The number of fused-ring (bicyclic) bond motifs is 2. The molecule has 8 heteroatoms. The monoisotopic (exact) mass is 485 g/mol. The Balaban J connectivity index is 1.66. The highest BCUT2D eigenvalue weighted by atomic mass is 35.5. The maximum atomic E-state index is 13.8. The summed E-state index contributed by atoms with van der Waals surface area (Å²) in [4.78, 5) is 18.1. The molecule has 35 heavy (non-hydrogen) atoms. The molecular weight excluding hydrogens is 462 g/mol. The van der Waals surface area contributed by atoms with Crippen LogP contribution in [-0.2, 0) is 13.1 Å². The summed E-state index contributed by atoms with van der Waals surface area (Å²) >= 11 is 6.25. The molecule has 0 atom stereocenters. The van der Waals surface area contributed by atoms with E-state index in [2.05, 4.69) is 21.7 Å². The lowest BCUT2D eigenvalue weighted by atomic mass is 10.2. The van der Waals surface area contributed by atoms with Gasteiger partial charge in [0.05, 0.1) is 42.6 Å². The molecule has 0 spiro atoms. The molecule has 0 bridgehead atoms. The van der Waals surface area contributed by atoms with Crippen LogP contribution >= 0.6 is 11.6 Å². The van der Waals surface area contributed by atoms with Gasteiger partial charge >= 0.3 is 5.69 Å². The average Bonchev–Trinajstić information content (AvgIpc) is 3.33. The van der Waals surface area contributed by atoms with Gasteiger partial charge in [0.2, 0.25) is 0 Å². The van der Waals surface area contributed by atoms with E-state index < -0.39 is 0 Å². The quantitative estimate of drug-likeness (QED) is 0.286. The lowest BCUT2D eigenvalue weighted by Gasteiger charge is -2.11. The minimum atomic E-state index is -0.149. The summed E-state index contributed by atoms with van der Waals surface area (Å²) in [6.45, 7) is 3.00. The number of methoxy groups -OCH3 is 1. The van der Waals surface area contributed by atoms with Crippen molar-refractivity contribution in [2.45, 2.75) is 32.9 Å². The summed E-state index contributed by atoms with van der Waals surface area (Å²) in [5.74, 6) is 0.771. The molecule has 0 saturated heterocycles. The van der Waals surface area contributed by atoms with Gasteiger partial charge in [0.1, 0.15) is 5.75 Å². The van der Waals surface area contributed by atoms with Crippen LogP contribution in [0.2, 0.25) is 5.02 Å². The smallest absolute Gasteiger partial charge is 0.334 e. The summed E-state index contributed by atoms with van der Waals surface area (Å²) in [6, 6.07) is 17.6. The van der Waals surface area contributed by atoms with Crippen molar-refractivity contribution in [2.75, 3.05) is 7.11 Å². The first-order valence-corrected chi connectivity index (χ1v) is 11.7. The van der Waals surface area contributed by atoms with E-state index in [1.54, 1.807) is 28.6 Å². The summed E-state index contributed by atoms with van der Waals surface area (Å²) in [6.07, 6.45) is 4.61. The molecule has 0 amide bonds. The van der Waals surface area contributed by atoms with Crippen molar-refractivity contribution in [1.29, 1.82) is 5.26 Å². The molecule has 2 aromatic carbocycles. The SMILES string of the molecule is COc1ccc(-n2c(=O)n(Cc3cc4cc(Cl)ccc4n3CCCC#N)c3cnccc32)cc1C. The van der Waals surface area contributed by atoms with Gasteiger partial charge in [0.25, 0.3) is 0 Å². The second-order valence-corrected chi connectivity index (χ2v) is 8.91. The zero-order valence-corrected chi connectivity index (χ0v) is 20.3. The van der Waals surface area contributed by atoms with Crippen LogP contribution in [0.5, 0.6) is 5.75 Å². The number of hydrogen-bond donors (Lipinski definition) is 0. The van der Waals surface area contributed by atoms with E-state index in [9.17, 15) is 4.79 Å². The Kier molecular flexibility index (Phi) is 6.06. The van der Waals surface area contributed by atoms with Crippen molar-refractivity contribution in [2.24, 2.45) is 0 Å². The van der Waals surface area contributed by atoms with E-state index in [1.165, 1.54) is 0 Å². The molecule has 0 saturated carbocycles. The highest BCUT2D eigenvalue weighted by molar-refractivity contribution is 6.31. The third-order valence-corrected chi connectivity index (χ3v) is 6.54. The number of halogens is 1. The van der Waals surface area contributed by atoms with E-state index in [0.717, 1.165) is 51.1 Å². The van der Waals surface area contributed by atoms with Gasteiger partial charge in [0.15, 0.2) is 0 Å². The van der Waals surface area contributed by atoms with Crippen molar-refractivity contribution in [3.63, 3.8) is 0 Å². The van der Waals surface area contributed by atoms with E-state index in [0.29, 0.717) is 24.5 Å². The number of ether oxygens (including phenoxy) is 1. The highest BCUT2D eigenvalue weighted by Gasteiger charge is 2.18. The maximum Gasteiger partial charge on any atom is 0.334 e. The minimum absolute atomic E-state index is 0.149. The van der Waals surface area contributed by atoms with Gasteiger partial charge in [-0.1, -0.05) is 11.6 Å². The highest BCUT2D eigenvalue weighted by Crippen LogP contribution is 2.27. The van der Waals surface area contributed by atoms with Crippen LogP contribution in [0.15, 0.2) is 65.7 Å². The molecule has 7 nitrogen and oxygen atoms in total. The second-order valence-electron chi connectivity index (χ2n) is 8.47. The fourth-order valence-electron chi connectivity index (χ4n) is 4.68. The molecule has 3 heterocycles. The second kappa shape index (κ2) is 9.32. The van der Waals surface area contributed by atoms with Gasteiger partial charge in [-0.05, 0) is 67.4 Å². The van der Waals surface area contributed by atoms with Crippen LogP contribution < -0.4 is 10.4 Å². The normalized spacial score (nSPS) is 11.3. The van der Waals surface area contributed by atoms with Crippen molar-refractivity contribution >= 4 is 33.5 Å². The minimum Gasteiger partial charge on any atom is -0.496 e. The lowest BCUT2D eigenvalue weighted by Crippen LogP contribution is -2.24. The Morgan fingerprint density at radius 1 is 1.06 bits per heavy atom. The van der Waals surface area contributed by atoms with Gasteiger partial charge in [-0.3, -0.25) is 14.1 Å². The Morgan fingerprint density at radius 2 is 1.91 bits per heavy atom. The molecule has 176 valence electrons. The van der Waals surface area contributed by atoms with Crippen molar-refractivity contribution < 1.29 is 4.74 Å². The fraction of sp³-hybridized carbons (Fsp3) is 0.222.